The van der Waals surface area contributed by atoms with Crippen LogP contribution in [0.1, 0.15) is 43.4 Å². The van der Waals surface area contributed by atoms with Gasteiger partial charge in [-0.25, -0.2) is 28.5 Å². The molecular formula is C24H32F2N8O2. The molecule has 0 saturated heterocycles. The number of halogens is 2. The number of aliphatic carboxylic acids is 1. The number of hydrogen-bond donors (Lipinski definition) is 4. The lowest BCUT2D eigenvalue weighted by Gasteiger charge is -2.24. The summed E-state index contributed by atoms with van der Waals surface area (Å²) >= 11 is 0. The second kappa shape index (κ2) is 12.5. The Bertz CT molecular complexity index is 1140. The highest BCUT2D eigenvalue weighted by molar-refractivity contribution is 5.88. The van der Waals surface area contributed by atoms with E-state index in [-0.39, 0.29) is 19.4 Å². The molecule has 3 aromatic heterocycles. The predicted octanol–water partition coefficient (Wildman–Crippen LogP) is 3.34. The number of aromatic amines is 1. The first-order valence-corrected chi connectivity index (χ1v) is 12.4. The second-order valence-corrected chi connectivity index (χ2v) is 9.00. The number of anilines is 2. The van der Waals surface area contributed by atoms with Crippen molar-refractivity contribution in [1.82, 2.24) is 30.0 Å². The van der Waals surface area contributed by atoms with Crippen LogP contribution in [-0.2, 0) is 17.6 Å². The zero-order chi connectivity index (χ0) is 25.3. The van der Waals surface area contributed by atoms with Gasteiger partial charge in [0.25, 0.3) is 0 Å². The fourth-order valence-corrected chi connectivity index (χ4v) is 4.38. The molecule has 1 aliphatic rings. The fourth-order valence-electron chi connectivity index (χ4n) is 4.38. The summed E-state index contributed by atoms with van der Waals surface area (Å²) in [6.45, 7) is 2.14. The predicted molar refractivity (Wildman–Crippen MR) is 132 cm³/mol. The van der Waals surface area contributed by atoms with Gasteiger partial charge in [0.15, 0.2) is 5.65 Å². The van der Waals surface area contributed by atoms with Crippen molar-refractivity contribution in [2.24, 2.45) is 0 Å². The molecule has 0 spiro atoms. The van der Waals surface area contributed by atoms with Crippen LogP contribution in [0, 0.1) is 0 Å². The minimum atomic E-state index is -2.40. The van der Waals surface area contributed by atoms with Crippen molar-refractivity contribution in [1.29, 1.82) is 0 Å². The molecule has 12 heteroatoms. The Labute approximate surface area is 207 Å². The highest BCUT2D eigenvalue weighted by atomic mass is 19.3. The molecule has 4 N–H and O–H groups in total. The van der Waals surface area contributed by atoms with E-state index in [1.165, 1.54) is 18.1 Å². The van der Waals surface area contributed by atoms with E-state index in [1.54, 1.807) is 0 Å². The van der Waals surface area contributed by atoms with Crippen molar-refractivity contribution >= 4 is 28.6 Å². The van der Waals surface area contributed by atoms with Gasteiger partial charge >= 0.3 is 5.97 Å². The first-order chi connectivity index (χ1) is 17.5. The van der Waals surface area contributed by atoms with Crippen molar-refractivity contribution in [3.63, 3.8) is 0 Å². The van der Waals surface area contributed by atoms with Gasteiger partial charge in [-0.1, -0.05) is 6.07 Å². The van der Waals surface area contributed by atoms with Gasteiger partial charge < -0.3 is 20.6 Å². The molecule has 194 valence electrons. The van der Waals surface area contributed by atoms with E-state index < -0.39 is 18.4 Å². The zero-order valence-corrected chi connectivity index (χ0v) is 20.1. The summed E-state index contributed by atoms with van der Waals surface area (Å²) in [5.74, 6) is 0.305. The van der Waals surface area contributed by atoms with E-state index in [1.807, 2.05) is 4.90 Å². The molecule has 4 heterocycles. The molecule has 36 heavy (non-hydrogen) atoms. The Morgan fingerprint density at radius 1 is 1.17 bits per heavy atom. The molecule has 0 amide bonds. The first-order valence-electron chi connectivity index (χ1n) is 12.4. The molecule has 0 aromatic carbocycles. The number of aromatic nitrogens is 5. The highest BCUT2D eigenvalue weighted by Gasteiger charge is 2.21. The Morgan fingerprint density at radius 3 is 2.86 bits per heavy atom. The SMILES string of the molecule is O=C(O)[C@H](CCN(CCCCc1ccc2c(n1)NCCC2)CCC(F)F)Nc1ncnc2[nH]ncc12. The summed E-state index contributed by atoms with van der Waals surface area (Å²) in [7, 11) is 0. The monoisotopic (exact) mass is 502 g/mol. The molecule has 0 radical (unpaired) electrons. The summed E-state index contributed by atoms with van der Waals surface area (Å²) in [6.07, 6.45) is 5.10. The highest BCUT2D eigenvalue weighted by Crippen LogP contribution is 2.21. The van der Waals surface area contributed by atoms with Crippen LogP contribution in [0.3, 0.4) is 0 Å². The quantitative estimate of drug-likeness (QED) is 0.245. The second-order valence-electron chi connectivity index (χ2n) is 9.00. The van der Waals surface area contributed by atoms with Crippen LogP contribution in [0.4, 0.5) is 20.4 Å². The summed E-state index contributed by atoms with van der Waals surface area (Å²) in [5.41, 5.74) is 2.77. The van der Waals surface area contributed by atoms with Gasteiger partial charge in [0.1, 0.15) is 24.0 Å². The molecule has 0 unspecified atom stereocenters. The van der Waals surface area contributed by atoms with Crippen molar-refractivity contribution in [3.05, 3.63) is 35.9 Å². The Balaban J connectivity index is 1.29. The van der Waals surface area contributed by atoms with Crippen LogP contribution >= 0.6 is 0 Å². The van der Waals surface area contributed by atoms with E-state index in [0.717, 1.165) is 50.2 Å². The van der Waals surface area contributed by atoms with Gasteiger partial charge in [-0.3, -0.25) is 5.10 Å². The smallest absolute Gasteiger partial charge is 0.326 e. The molecule has 0 aliphatic carbocycles. The van der Waals surface area contributed by atoms with E-state index in [9.17, 15) is 18.7 Å². The van der Waals surface area contributed by atoms with Gasteiger partial charge in [0, 0.05) is 31.7 Å². The zero-order valence-electron chi connectivity index (χ0n) is 20.1. The number of hydrogen-bond acceptors (Lipinski definition) is 8. The molecule has 10 nitrogen and oxygen atoms in total. The number of nitrogens with zero attached hydrogens (tertiary/aromatic N) is 5. The maximum absolute atomic E-state index is 12.9. The summed E-state index contributed by atoms with van der Waals surface area (Å²) in [4.78, 5) is 26.7. The molecule has 0 saturated carbocycles. The molecular weight excluding hydrogens is 470 g/mol. The Hall–Kier alpha value is -3.41. The first kappa shape index (κ1) is 25.7. The van der Waals surface area contributed by atoms with Gasteiger partial charge in [-0.05, 0) is 56.7 Å². The van der Waals surface area contributed by atoms with Gasteiger partial charge in [-0.15, -0.1) is 0 Å². The number of carboxylic acid groups (broad SMARTS) is 1. The van der Waals surface area contributed by atoms with Crippen molar-refractivity contribution in [2.75, 3.05) is 36.8 Å². The van der Waals surface area contributed by atoms with Crippen LogP contribution < -0.4 is 10.6 Å². The number of fused-ring (bicyclic) bond motifs is 2. The normalized spacial score (nSPS) is 14.1. The van der Waals surface area contributed by atoms with Crippen LogP contribution in [0.5, 0.6) is 0 Å². The van der Waals surface area contributed by atoms with E-state index in [4.69, 9.17) is 4.98 Å². The summed E-state index contributed by atoms with van der Waals surface area (Å²) in [6, 6.07) is 3.26. The maximum atomic E-state index is 12.9. The number of rotatable bonds is 14. The minimum absolute atomic E-state index is 0.213. The number of aryl methyl sites for hydroxylation is 2. The number of unbranched alkanes of at least 4 members (excludes halogenated alkanes) is 1. The van der Waals surface area contributed by atoms with Crippen LogP contribution in [0.25, 0.3) is 11.0 Å². The fraction of sp³-hybridized carbons (Fsp3) is 0.542. The van der Waals surface area contributed by atoms with E-state index in [2.05, 4.69) is 42.9 Å². The van der Waals surface area contributed by atoms with E-state index in [0.29, 0.717) is 29.9 Å². The number of pyridine rings is 1. The van der Waals surface area contributed by atoms with E-state index >= 15 is 0 Å². The topological polar surface area (TPSA) is 132 Å². The lowest BCUT2D eigenvalue weighted by atomic mass is 10.1. The number of alkyl halides is 2. The van der Waals surface area contributed by atoms with Gasteiger partial charge in [-0.2, -0.15) is 5.10 Å². The lowest BCUT2D eigenvalue weighted by Crippen LogP contribution is -2.36. The molecule has 1 aliphatic heterocycles. The van der Waals surface area contributed by atoms with Crippen LogP contribution in [0.2, 0.25) is 0 Å². The lowest BCUT2D eigenvalue weighted by molar-refractivity contribution is -0.138. The largest absolute Gasteiger partial charge is 0.480 e. The number of carbonyl (C=O) groups is 1. The van der Waals surface area contributed by atoms with Gasteiger partial charge in [0.2, 0.25) is 6.43 Å². The van der Waals surface area contributed by atoms with Gasteiger partial charge in [0.05, 0.1) is 11.6 Å². The standard InChI is InChI=1S/C24H32F2N8O2/c25-20(26)9-13-34(11-2-1-5-17-7-6-16-4-3-10-27-21(16)31-17)12-8-19(24(35)36)32-22-18-14-30-33-23(18)29-15-28-22/h6-7,14-15,19-20H,1-5,8-13H2,(H,27,31)(H,35,36)(H2,28,29,30,32,33)/t19-/m0/s1. The van der Waals surface area contributed by atoms with Crippen LogP contribution in [-0.4, -0.2) is 79.8 Å². The number of carboxylic acids is 1. The van der Waals surface area contributed by atoms with Crippen molar-refractivity contribution in [3.8, 4) is 0 Å². The molecule has 0 fully saturated rings. The molecule has 1 atom stereocenters. The van der Waals surface area contributed by atoms with Crippen molar-refractivity contribution in [2.45, 2.75) is 57.4 Å². The third kappa shape index (κ3) is 7.06. The summed E-state index contributed by atoms with van der Waals surface area (Å²) < 4.78 is 25.8. The average molecular weight is 503 g/mol. The average Bonchev–Trinajstić information content (AvgIpc) is 3.36. The maximum Gasteiger partial charge on any atom is 0.326 e. The van der Waals surface area contributed by atoms with Crippen molar-refractivity contribution < 1.29 is 18.7 Å². The van der Waals surface area contributed by atoms with Crippen LogP contribution in [0.15, 0.2) is 24.7 Å². The third-order valence-electron chi connectivity index (χ3n) is 6.36. The Kier molecular flexibility index (Phi) is 8.93. The summed E-state index contributed by atoms with van der Waals surface area (Å²) in [5, 5.41) is 23.2. The number of nitrogens with one attached hydrogen (secondary N) is 3. The number of H-pyrrole nitrogens is 1. The Morgan fingerprint density at radius 2 is 2.03 bits per heavy atom. The minimum Gasteiger partial charge on any atom is -0.480 e. The third-order valence-corrected chi connectivity index (χ3v) is 6.36. The molecule has 4 rings (SSSR count). The molecule has 3 aromatic rings. The molecule has 0 bridgehead atoms.